The van der Waals surface area contributed by atoms with Gasteiger partial charge in [-0.1, -0.05) is 52.8 Å². The predicted octanol–water partition coefficient (Wildman–Crippen LogP) is 5.35. The van der Waals surface area contributed by atoms with Gasteiger partial charge in [-0.15, -0.1) is 0 Å². The van der Waals surface area contributed by atoms with Crippen LogP contribution in [-0.2, 0) is 17.4 Å². The second-order valence-corrected chi connectivity index (χ2v) is 9.12. The summed E-state index contributed by atoms with van der Waals surface area (Å²) in [4.78, 5) is 4.83. The predicted molar refractivity (Wildman–Crippen MR) is 111 cm³/mol. The van der Waals surface area contributed by atoms with Crippen molar-refractivity contribution < 1.29 is 0 Å². The second-order valence-electron chi connectivity index (χ2n) is 9.12. The Bertz CT molecular complexity index is 1060. The molecule has 4 nitrogen and oxygen atoms in total. The lowest BCUT2D eigenvalue weighted by molar-refractivity contribution is 0.418. The van der Waals surface area contributed by atoms with E-state index in [9.17, 15) is 0 Å². The van der Waals surface area contributed by atoms with Crippen molar-refractivity contribution in [3.8, 4) is 0 Å². The van der Waals surface area contributed by atoms with Crippen molar-refractivity contribution in [2.75, 3.05) is 0 Å². The molecule has 0 saturated carbocycles. The first-order chi connectivity index (χ1) is 12.7. The Balaban J connectivity index is 1.60. The van der Waals surface area contributed by atoms with Gasteiger partial charge in [0.25, 0.3) is 0 Å². The molecule has 1 aromatic carbocycles. The quantitative estimate of drug-likeness (QED) is 0.492. The summed E-state index contributed by atoms with van der Waals surface area (Å²) in [5, 5.41) is 5.85. The Morgan fingerprint density at radius 1 is 1.00 bits per heavy atom. The van der Waals surface area contributed by atoms with Crippen molar-refractivity contribution in [3.63, 3.8) is 0 Å². The molecule has 27 heavy (non-hydrogen) atoms. The van der Waals surface area contributed by atoms with Crippen LogP contribution < -0.4 is 0 Å². The van der Waals surface area contributed by atoms with Gasteiger partial charge in [0, 0.05) is 29.7 Å². The standard InChI is InChI=1S/C23H28N4/c1-22(2,3)18-10-9-17-15-24-27(19(17)14-18)13-11-23(4,5)20-16-26-12-7-6-8-21(26)25-20/h6-10,12,14-16H,11,13H2,1-5H3. The number of fused-ring (bicyclic) bond motifs is 2. The number of hydrogen-bond acceptors (Lipinski definition) is 2. The molecular weight excluding hydrogens is 332 g/mol. The van der Waals surface area contributed by atoms with Crippen molar-refractivity contribution >= 4 is 16.6 Å². The molecule has 4 aromatic rings. The van der Waals surface area contributed by atoms with E-state index in [1.54, 1.807) is 0 Å². The summed E-state index contributed by atoms with van der Waals surface area (Å²) in [6, 6.07) is 12.8. The fourth-order valence-corrected chi connectivity index (χ4v) is 3.49. The molecule has 0 fully saturated rings. The molecule has 0 unspecified atom stereocenters. The maximum Gasteiger partial charge on any atom is 0.136 e. The number of aromatic nitrogens is 4. The van der Waals surface area contributed by atoms with Crippen LogP contribution in [0.4, 0.5) is 0 Å². The molecule has 140 valence electrons. The lowest BCUT2D eigenvalue weighted by Gasteiger charge is -2.23. The molecule has 0 amide bonds. The molecule has 0 spiro atoms. The van der Waals surface area contributed by atoms with E-state index < -0.39 is 0 Å². The van der Waals surface area contributed by atoms with Gasteiger partial charge in [-0.2, -0.15) is 5.10 Å². The molecular formula is C23H28N4. The van der Waals surface area contributed by atoms with Gasteiger partial charge >= 0.3 is 0 Å². The average Bonchev–Trinajstić information content (AvgIpc) is 3.23. The third-order valence-electron chi connectivity index (χ3n) is 5.52. The van der Waals surface area contributed by atoms with Crippen LogP contribution in [0.5, 0.6) is 0 Å². The first kappa shape index (κ1) is 17.8. The lowest BCUT2D eigenvalue weighted by Crippen LogP contribution is -2.21. The first-order valence-corrected chi connectivity index (χ1v) is 9.64. The summed E-state index contributed by atoms with van der Waals surface area (Å²) in [6.07, 6.45) is 7.15. The van der Waals surface area contributed by atoms with Crippen molar-refractivity contribution in [3.05, 3.63) is 66.2 Å². The summed E-state index contributed by atoms with van der Waals surface area (Å²) >= 11 is 0. The highest BCUT2D eigenvalue weighted by Gasteiger charge is 2.24. The summed E-state index contributed by atoms with van der Waals surface area (Å²) < 4.78 is 4.23. The van der Waals surface area contributed by atoms with Gasteiger partial charge in [0.1, 0.15) is 5.65 Å². The molecule has 3 heterocycles. The fraction of sp³-hybridized carbons (Fsp3) is 0.391. The van der Waals surface area contributed by atoms with Crippen LogP contribution in [0, 0.1) is 0 Å². The third kappa shape index (κ3) is 3.36. The Kier molecular flexibility index (Phi) is 4.10. The highest BCUT2D eigenvalue weighted by molar-refractivity contribution is 5.79. The lowest BCUT2D eigenvalue weighted by atomic mass is 9.86. The van der Waals surface area contributed by atoms with E-state index in [0.29, 0.717) is 0 Å². The number of hydrogen-bond donors (Lipinski definition) is 0. The van der Waals surface area contributed by atoms with Crippen molar-refractivity contribution in [2.24, 2.45) is 0 Å². The SMILES string of the molecule is CC(C)(C)c1ccc2cnn(CCC(C)(C)c3cn4ccccc4n3)c2c1. The van der Waals surface area contributed by atoms with Crippen LogP contribution in [0.2, 0.25) is 0 Å². The molecule has 3 aromatic heterocycles. The average molecular weight is 361 g/mol. The van der Waals surface area contributed by atoms with Gasteiger partial charge in [-0.3, -0.25) is 4.68 Å². The number of imidazole rings is 1. The second kappa shape index (κ2) is 6.22. The summed E-state index contributed by atoms with van der Waals surface area (Å²) in [6.45, 7) is 12.2. The highest BCUT2D eigenvalue weighted by Crippen LogP contribution is 2.29. The third-order valence-corrected chi connectivity index (χ3v) is 5.52. The molecule has 0 N–H and O–H groups in total. The van der Waals surface area contributed by atoms with Gasteiger partial charge in [-0.05, 0) is 35.6 Å². The maximum absolute atomic E-state index is 4.83. The van der Waals surface area contributed by atoms with E-state index in [2.05, 4.69) is 85.5 Å². The molecule has 0 atom stereocenters. The van der Waals surface area contributed by atoms with Gasteiger partial charge in [0.15, 0.2) is 0 Å². The number of benzene rings is 1. The highest BCUT2D eigenvalue weighted by atomic mass is 15.3. The Hall–Kier alpha value is -2.62. The number of aryl methyl sites for hydroxylation is 1. The molecule has 0 aliphatic carbocycles. The topological polar surface area (TPSA) is 35.1 Å². The smallest absolute Gasteiger partial charge is 0.136 e. The normalized spacial score (nSPS) is 12.9. The minimum atomic E-state index is -0.0219. The van der Waals surface area contributed by atoms with Crippen LogP contribution in [0.3, 0.4) is 0 Å². The van der Waals surface area contributed by atoms with Crippen LogP contribution in [0.25, 0.3) is 16.6 Å². The summed E-state index contributed by atoms with van der Waals surface area (Å²) in [5.74, 6) is 0. The van der Waals surface area contributed by atoms with E-state index in [-0.39, 0.29) is 10.8 Å². The maximum atomic E-state index is 4.83. The number of nitrogens with zero attached hydrogens (tertiary/aromatic N) is 4. The van der Waals surface area contributed by atoms with E-state index in [4.69, 9.17) is 4.98 Å². The molecule has 0 radical (unpaired) electrons. The van der Waals surface area contributed by atoms with Gasteiger partial charge in [0.2, 0.25) is 0 Å². The van der Waals surface area contributed by atoms with E-state index >= 15 is 0 Å². The van der Waals surface area contributed by atoms with Gasteiger partial charge in [0.05, 0.1) is 17.4 Å². The molecule has 0 aliphatic heterocycles. The number of pyridine rings is 1. The molecule has 4 heteroatoms. The van der Waals surface area contributed by atoms with Crippen molar-refractivity contribution in [1.29, 1.82) is 0 Å². The first-order valence-electron chi connectivity index (χ1n) is 9.64. The Labute approximate surface area is 160 Å². The van der Waals surface area contributed by atoms with E-state index in [0.717, 1.165) is 24.3 Å². The Morgan fingerprint density at radius 3 is 2.56 bits per heavy atom. The number of rotatable bonds is 4. The van der Waals surface area contributed by atoms with Crippen LogP contribution in [0.1, 0.15) is 52.3 Å². The fourth-order valence-electron chi connectivity index (χ4n) is 3.49. The molecule has 4 rings (SSSR count). The molecule has 0 saturated heterocycles. The van der Waals surface area contributed by atoms with Crippen LogP contribution in [-0.4, -0.2) is 19.2 Å². The Morgan fingerprint density at radius 2 is 1.81 bits per heavy atom. The van der Waals surface area contributed by atoms with E-state index in [1.807, 2.05) is 18.3 Å². The largest absolute Gasteiger partial charge is 0.307 e. The van der Waals surface area contributed by atoms with Crippen LogP contribution in [0.15, 0.2) is 55.0 Å². The minimum absolute atomic E-state index is 0.0219. The zero-order valence-corrected chi connectivity index (χ0v) is 16.9. The zero-order chi connectivity index (χ0) is 19.2. The van der Waals surface area contributed by atoms with Gasteiger partial charge in [-0.25, -0.2) is 4.98 Å². The van der Waals surface area contributed by atoms with Crippen molar-refractivity contribution in [2.45, 2.75) is 58.4 Å². The monoisotopic (exact) mass is 360 g/mol. The van der Waals surface area contributed by atoms with Crippen molar-refractivity contribution in [1.82, 2.24) is 19.2 Å². The van der Waals surface area contributed by atoms with Gasteiger partial charge < -0.3 is 4.40 Å². The molecule has 0 bridgehead atoms. The summed E-state index contributed by atoms with van der Waals surface area (Å²) in [5.41, 5.74) is 4.80. The zero-order valence-electron chi connectivity index (χ0n) is 16.9. The van der Waals surface area contributed by atoms with E-state index in [1.165, 1.54) is 16.5 Å². The summed E-state index contributed by atoms with van der Waals surface area (Å²) in [7, 11) is 0. The molecule has 0 aliphatic rings. The minimum Gasteiger partial charge on any atom is -0.307 e. The van der Waals surface area contributed by atoms with Crippen LogP contribution >= 0.6 is 0 Å².